The Balaban J connectivity index is 2.02. The highest BCUT2D eigenvalue weighted by molar-refractivity contribution is 7.07. The Labute approximate surface area is 131 Å². The highest BCUT2D eigenvalue weighted by Crippen LogP contribution is 2.21. The average Bonchev–Trinajstić information content (AvgIpc) is 3.01. The van der Waals surface area contributed by atoms with E-state index in [1.165, 1.54) is 11.1 Å². The van der Waals surface area contributed by atoms with E-state index in [2.05, 4.69) is 51.3 Å². The molecule has 0 bridgehead atoms. The summed E-state index contributed by atoms with van der Waals surface area (Å²) in [7, 11) is 0. The second kappa shape index (κ2) is 8.62. The van der Waals surface area contributed by atoms with Gasteiger partial charge in [-0.05, 0) is 41.7 Å². The zero-order chi connectivity index (χ0) is 14.9. The molecule has 5 heteroatoms. The van der Waals surface area contributed by atoms with Gasteiger partial charge >= 0.3 is 0 Å². The van der Waals surface area contributed by atoms with Crippen molar-refractivity contribution < 1.29 is 0 Å². The van der Waals surface area contributed by atoms with E-state index in [1.54, 1.807) is 17.7 Å². The van der Waals surface area contributed by atoms with Crippen LogP contribution in [-0.4, -0.2) is 23.1 Å². The first kappa shape index (κ1) is 15.8. The highest BCUT2D eigenvalue weighted by Gasteiger charge is 2.10. The van der Waals surface area contributed by atoms with E-state index in [9.17, 15) is 0 Å². The molecule has 0 fully saturated rings. The van der Waals surface area contributed by atoms with Gasteiger partial charge < -0.3 is 10.6 Å². The van der Waals surface area contributed by atoms with Gasteiger partial charge in [-0.2, -0.15) is 11.3 Å². The van der Waals surface area contributed by atoms with Crippen LogP contribution in [0, 0.1) is 0 Å². The van der Waals surface area contributed by atoms with Crippen LogP contribution in [0.1, 0.15) is 37.8 Å². The van der Waals surface area contributed by atoms with Gasteiger partial charge in [0.1, 0.15) is 18.0 Å². The summed E-state index contributed by atoms with van der Waals surface area (Å²) in [5, 5.41) is 11.2. The highest BCUT2D eigenvalue weighted by atomic mass is 32.1. The third-order valence-corrected chi connectivity index (χ3v) is 4.01. The first-order chi connectivity index (χ1) is 10.3. The Hall–Kier alpha value is -1.62. The van der Waals surface area contributed by atoms with Gasteiger partial charge in [0.25, 0.3) is 0 Å². The summed E-state index contributed by atoms with van der Waals surface area (Å²) in [4.78, 5) is 8.82. The number of aromatic nitrogens is 2. The Morgan fingerprint density at radius 1 is 1.00 bits per heavy atom. The van der Waals surface area contributed by atoms with Crippen LogP contribution in [0.5, 0.6) is 0 Å². The number of hydrogen-bond donors (Lipinski definition) is 2. The maximum Gasteiger partial charge on any atom is 0.134 e. The zero-order valence-electron chi connectivity index (χ0n) is 12.9. The van der Waals surface area contributed by atoms with Crippen LogP contribution in [0.2, 0.25) is 0 Å². The van der Waals surface area contributed by atoms with Gasteiger partial charge in [0.15, 0.2) is 0 Å². The smallest absolute Gasteiger partial charge is 0.134 e. The number of hydrogen-bond acceptors (Lipinski definition) is 5. The molecule has 0 radical (unpaired) electrons. The minimum atomic E-state index is 0.900. The van der Waals surface area contributed by atoms with E-state index in [0.717, 1.165) is 50.4 Å². The van der Waals surface area contributed by atoms with Crippen LogP contribution in [-0.2, 0) is 12.8 Å². The van der Waals surface area contributed by atoms with Crippen molar-refractivity contribution in [3.8, 4) is 0 Å². The molecule has 0 unspecified atom stereocenters. The van der Waals surface area contributed by atoms with Crippen molar-refractivity contribution in [3.05, 3.63) is 34.3 Å². The van der Waals surface area contributed by atoms with Crippen molar-refractivity contribution in [3.63, 3.8) is 0 Å². The standard InChI is InChI=1S/C16H24N4S/c1-3-5-14-15(17-8-4-2)19-12-20-16(14)18-9-6-13-7-10-21-11-13/h7,10-12H,3-6,8-9H2,1-2H3,(H2,17,18,19,20). The molecule has 2 aromatic rings. The summed E-state index contributed by atoms with van der Waals surface area (Å²) in [5.74, 6) is 1.95. The maximum atomic E-state index is 4.43. The van der Waals surface area contributed by atoms with Crippen LogP contribution < -0.4 is 10.6 Å². The van der Waals surface area contributed by atoms with Gasteiger partial charge in [-0.15, -0.1) is 0 Å². The maximum absolute atomic E-state index is 4.43. The molecule has 4 nitrogen and oxygen atoms in total. The third kappa shape index (κ3) is 4.70. The molecule has 2 heterocycles. The molecule has 0 aromatic carbocycles. The number of anilines is 2. The predicted molar refractivity (Wildman–Crippen MR) is 91.3 cm³/mol. The average molecular weight is 304 g/mol. The fraction of sp³-hybridized carbons (Fsp3) is 0.500. The summed E-state index contributed by atoms with van der Waals surface area (Å²) in [6.07, 6.45) is 5.85. The van der Waals surface area contributed by atoms with Gasteiger partial charge in [0.2, 0.25) is 0 Å². The topological polar surface area (TPSA) is 49.8 Å². The summed E-state index contributed by atoms with van der Waals surface area (Å²) in [5.41, 5.74) is 2.58. The fourth-order valence-corrected chi connectivity index (χ4v) is 2.91. The molecular formula is C16H24N4S. The Bertz CT molecular complexity index is 525. The molecule has 0 aliphatic carbocycles. The van der Waals surface area contributed by atoms with Crippen LogP contribution in [0.3, 0.4) is 0 Å². The van der Waals surface area contributed by atoms with Gasteiger partial charge in [-0.25, -0.2) is 9.97 Å². The lowest BCUT2D eigenvalue weighted by molar-refractivity contribution is 0.883. The molecule has 2 rings (SSSR count). The second-order valence-corrected chi connectivity index (χ2v) is 5.81. The lowest BCUT2D eigenvalue weighted by atomic mass is 10.1. The molecule has 0 spiro atoms. The Morgan fingerprint density at radius 2 is 1.76 bits per heavy atom. The molecule has 0 saturated heterocycles. The van der Waals surface area contributed by atoms with Crippen molar-refractivity contribution in [1.82, 2.24) is 9.97 Å². The molecule has 2 N–H and O–H groups in total. The van der Waals surface area contributed by atoms with Crippen molar-refractivity contribution in [1.29, 1.82) is 0 Å². The SMILES string of the molecule is CCCNc1ncnc(NCCc2ccsc2)c1CCC. The molecule has 0 amide bonds. The Kier molecular flexibility index (Phi) is 6.47. The van der Waals surface area contributed by atoms with Crippen LogP contribution >= 0.6 is 11.3 Å². The van der Waals surface area contributed by atoms with E-state index in [1.807, 2.05) is 0 Å². The van der Waals surface area contributed by atoms with Crippen LogP contribution in [0.25, 0.3) is 0 Å². The molecule has 0 saturated carbocycles. The minimum Gasteiger partial charge on any atom is -0.370 e. The van der Waals surface area contributed by atoms with E-state index in [0.29, 0.717) is 0 Å². The van der Waals surface area contributed by atoms with Crippen molar-refractivity contribution in [2.24, 2.45) is 0 Å². The number of rotatable bonds is 9. The van der Waals surface area contributed by atoms with Crippen LogP contribution in [0.4, 0.5) is 11.6 Å². The lowest BCUT2D eigenvalue weighted by Gasteiger charge is -2.14. The number of nitrogens with one attached hydrogen (secondary N) is 2. The zero-order valence-corrected chi connectivity index (χ0v) is 13.7. The van der Waals surface area contributed by atoms with E-state index in [4.69, 9.17) is 0 Å². The summed E-state index contributed by atoms with van der Waals surface area (Å²) in [6.45, 7) is 6.19. The predicted octanol–water partition coefficient (Wildman–Crippen LogP) is 3.97. The molecule has 21 heavy (non-hydrogen) atoms. The molecule has 0 aliphatic heterocycles. The van der Waals surface area contributed by atoms with Gasteiger partial charge in [-0.3, -0.25) is 0 Å². The normalized spacial score (nSPS) is 10.6. The Morgan fingerprint density at radius 3 is 2.38 bits per heavy atom. The molecular weight excluding hydrogens is 280 g/mol. The van der Waals surface area contributed by atoms with Crippen molar-refractivity contribution in [2.45, 2.75) is 39.5 Å². The quantitative estimate of drug-likeness (QED) is 0.736. The van der Waals surface area contributed by atoms with E-state index in [-0.39, 0.29) is 0 Å². The molecule has 0 aliphatic rings. The van der Waals surface area contributed by atoms with Gasteiger partial charge in [-0.1, -0.05) is 20.3 Å². The largest absolute Gasteiger partial charge is 0.370 e. The summed E-state index contributed by atoms with van der Waals surface area (Å²) < 4.78 is 0. The van der Waals surface area contributed by atoms with E-state index >= 15 is 0 Å². The van der Waals surface area contributed by atoms with Gasteiger partial charge in [0, 0.05) is 18.7 Å². The second-order valence-electron chi connectivity index (χ2n) is 5.03. The minimum absolute atomic E-state index is 0.900. The number of nitrogens with zero attached hydrogens (tertiary/aromatic N) is 2. The van der Waals surface area contributed by atoms with Crippen molar-refractivity contribution in [2.75, 3.05) is 23.7 Å². The lowest BCUT2D eigenvalue weighted by Crippen LogP contribution is -2.12. The third-order valence-electron chi connectivity index (χ3n) is 3.27. The summed E-state index contributed by atoms with van der Waals surface area (Å²) in [6, 6.07) is 2.17. The summed E-state index contributed by atoms with van der Waals surface area (Å²) >= 11 is 1.75. The number of thiophene rings is 1. The monoisotopic (exact) mass is 304 g/mol. The molecule has 2 aromatic heterocycles. The van der Waals surface area contributed by atoms with E-state index < -0.39 is 0 Å². The van der Waals surface area contributed by atoms with Crippen LogP contribution in [0.15, 0.2) is 23.2 Å². The van der Waals surface area contributed by atoms with Gasteiger partial charge in [0.05, 0.1) is 0 Å². The molecule has 114 valence electrons. The fourth-order valence-electron chi connectivity index (χ4n) is 2.21. The van der Waals surface area contributed by atoms with Crippen molar-refractivity contribution >= 4 is 23.0 Å². The first-order valence-corrected chi connectivity index (χ1v) is 8.62. The molecule has 0 atom stereocenters. The first-order valence-electron chi connectivity index (χ1n) is 7.67.